The molecule has 0 heterocycles. The molecule has 0 aliphatic carbocycles. The molecule has 1 aromatic rings. The highest BCUT2D eigenvalue weighted by molar-refractivity contribution is 5.97. The first kappa shape index (κ1) is 16.6. The highest BCUT2D eigenvalue weighted by Crippen LogP contribution is 2.13. The Bertz CT molecular complexity index is 493. The fourth-order valence-corrected chi connectivity index (χ4v) is 1.33. The number of ether oxygens (including phenoxy) is 4. The summed E-state index contributed by atoms with van der Waals surface area (Å²) < 4.78 is 18.8. The van der Waals surface area contributed by atoms with Crippen molar-refractivity contribution in [2.45, 2.75) is 6.92 Å². The molecule has 0 saturated carbocycles. The summed E-state index contributed by atoms with van der Waals surface area (Å²) in [5.41, 5.74) is 0.329. The largest absolute Gasteiger partial charge is 0.508 e. The molecule has 0 unspecified atom stereocenters. The van der Waals surface area contributed by atoms with Crippen LogP contribution in [0, 0.1) is 0 Å². The molecule has 0 saturated heterocycles. The van der Waals surface area contributed by atoms with Crippen LogP contribution >= 0.6 is 0 Å². The Labute approximate surface area is 121 Å². The lowest BCUT2D eigenvalue weighted by Crippen LogP contribution is -2.16. The smallest absolute Gasteiger partial charge is 0.432 e. The van der Waals surface area contributed by atoms with Crippen LogP contribution in [0.2, 0.25) is 0 Å². The van der Waals surface area contributed by atoms with E-state index < -0.39 is 24.5 Å². The summed E-state index contributed by atoms with van der Waals surface area (Å²) in [5.74, 6) is -0.511. The second kappa shape index (κ2) is 8.70. The van der Waals surface area contributed by atoms with Crippen LogP contribution in [0.4, 0.5) is 4.79 Å². The van der Waals surface area contributed by atoms with Crippen molar-refractivity contribution < 1.29 is 33.3 Å². The van der Waals surface area contributed by atoms with Crippen LogP contribution < -0.4 is 4.74 Å². The molecule has 0 bridgehead atoms. The van der Waals surface area contributed by atoms with Crippen molar-refractivity contribution in [2.75, 3.05) is 26.9 Å². The normalized spacial score (nSPS) is 9.81. The monoisotopic (exact) mass is 296 g/mol. The number of carbonyl (C=O) groups is 3. The Morgan fingerprint density at radius 3 is 2.24 bits per heavy atom. The first-order valence-corrected chi connectivity index (χ1v) is 6.13. The van der Waals surface area contributed by atoms with Gasteiger partial charge < -0.3 is 18.9 Å². The minimum Gasteiger partial charge on any atom is -0.432 e. The molecule has 0 fully saturated rings. The summed E-state index contributed by atoms with van der Waals surface area (Å²) in [6.45, 7) is 1.15. The van der Waals surface area contributed by atoms with Crippen LogP contribution in [0.1, 0.15) is 17.3 Å². The molecule has 21 heavy (non-hydrogen) atoms. The molecule has 0 spiro atoms. The van der Waals surface area contributed by atoms with E-state index in [1.165, 1.54) is 38.3 Å². The summed E-state index contributed by atoms with van der Waals surface area (Å²) in [6, 6.07) is 5.90. The SMILES string of the molecule is COCCOC(=O)OCC(=O)c1ccc(OC(C)=O)cc1. The van der Waals surface area contributed by atoms with E-state index >= 15 is 0 Å². The molecule has 0 atom stereocenters. The van der Waals surface area contributed by atoms with E-state index in [4.69, 9.17) is 9.47 Å². The maximum atomic E-state index is 11.7. The molecule has 0 aromatic heterocycles. The second-order valence-corrected chi connectivity index (χ2v) is 3.92. The van der Waals surface area contributed by atoms with Crippen molar-refractivity contribution in [3.8, 4) is 5.75 Å². The fourth-order valence-electron chi connectivity index (χ4n) is 1.33. The van der Waals surface area contributed by atoms with E-state index in [1.54, 1.807) is 0 Å². The highest BCUT2D eigenvalue weighted by Gasteiger charge is 2.11. The van der Waals surface area contributed by atoms with Gasteiger partial charge in [-0.2, -0.15) is 0 Å². The zero-order chi connectivity index (χ0) is 15.7. The highest BCUT2D eigenvalue weighted by atomic mass is 16.7. The van der Waals surface area contributed by atoms with Gasteiger partial charge in [-0.25, -0.2) is 4.79 Å². The van der Waals surface area contributed by atoms with Crippen LogP contribution in [0.15, 0.2) is 24.3 Å². The zero-order valence-electron chi connectivity index (χ0n) is 11.8. The third kappa shape index (κ3) is 6.53. The van der Waals surface area contributed by atoms with Crippen molar-refractivity contribution in [1.29, 1.82) is 0 Å². The Morgan fingerprint density at radius 1 is 1.00 bits per heavy atom. The number of benzene rings is 1. The number of rotatable bonds is 7. The zero-order valence-corrected chi connectivity index (χ0v) is 11.8. The van der Waals surface area contributed by atoms with Gasteiger partial charge in [0.25, 0.3) is 0 Å². The number of Topliss-reactive ketones (excluding diaryl/α,β-unsaturated/α-hetero) is 1. The molecule has 0 N–H and O–H groups in total. The molecular formula is C14H16O7. The third-order valence-corrected chi connectivity index (χ3v) is 2.27. The maximum Gasteiger partial charge on any atom is 0.508 e. The Balaban J connectivity index is 2.41. The molecule has 7 nitrogen and oxygen atoms in total. The Hall–Kier alpha value is -2.41. The predicted molar refractivity (Wildman–Crippen MR) is 71.3 cm³/mol. The average molecular weight is 296 g/mol. The van der Waals surface area contributed by atoms with Gasteiger partial charge in [-0.15, -0.1) is 0 Å². The van der Waals surface area contributed by atoms with Gasteiger partial charge in [0.1, 0.15) is 12.4 Å². The van der Waals surface area contributed by atoms with Gasteiger partial charge >= 0.3 is 12.1 Å². The minimum absolute atomic E-state index is 0.0562. The Kier molecular flexibility index (Phi) is 6.90. The summed E-state index contributed by atoms with van der Waals surface area (Å²) in [4.78, 5) is 33.6. The van der Waals surface area contributed by atoms with E-state index in [2.05, 4.69) is 9.47 Å². The molecule has 1 rings (SSSR count). The first-order chi connectivity index (χ1) is 10.0. The van der Waals surface area contributed by atoms with E-state index in [1.807, 2.05) is 0 Å². The van der Waals surface area contributed by atoms with Crippen molar-refractivity contribution in [3.05, 3.63) is 29.8 Å². The standard InChI is InChI=1S/C14H16O7/c1-10(15)21-12-5-3-11(4-6-12)13(16)9-20-14(17)19-8-7-18-2/h3-6H,7-9H2,1-2H3. The minimum atomic E-state index is -0.933. The number of hydrogen-bond acceptors (Lipinski definition) is 7. The summed E-state index contributed by atoms with van der Waals surface area (Å²) in [6.07, 6.45) is -0.933. The third-order valence-electron chi connectivity index (χ3n) is 2.27. The van der Waals surface area contributed by atoms with Crippen LogP contribution in [0.3, 0.4) is 0 Å². The summed E-state index contributed by atoms with van der Waals surface area (Å²) in [5, 5.41) is 0. The molecule has 0 amide bonds. The quantitative estimate of drug-likeness (QED) is 0.327. The van der Waals surface area contributed by atoms with Gasteiger partial charge in [-0.05, 0) is 24.3 Å². The number of carbonyl (C=O) groups excluding carboxylic acids is 3. The molecule has 0 radical (unpaired) electrons. The van der Waals surface area contributed by atoms with Gasteiger partial charge in [-0.3, -0.25) is 9.59 Å². The molecule has 1 aromatic carbocycles. The van der Waals surface area contributed by atoms with E-state index in [0.717, 1.165) is 0 Å². The number of esters is 1. The van der Waals surface area contributed by atoms with Crippen molar-refractivity contribution in [2.24, 2.45) is 0 Å². The van der Waals surface area contributed by atoms with Crippen molar-refractivity contribution in [1.82, 2.24) is 0 Å². The number of methoxy groups -OCH3 is 1. The van der Waals surface area contributed by atoms with Gasteiger partial charge in [0.15, 0.2) is 12.4 Å². The lowest BCUT2D eigenvalue weighted by molar-refractivity contribution is -0.131. The second-order valence-electron chi connectivity index (χ2n) is 3.92. The molecule has 0 aliphatic heterocycles. The lowest BCUT2D eigenvalue weighted by atomic mass is 10.1. The van der Waals surface area contributed by atoms with Crippen LogP contribution in [-0.2, 0) is 19.0 Å². The molecule has 114 valence electrons. The van der Waals surface area contributed by atoms with Crippen LogP contribution in [-0.4, -0.2) is 44.8 Å². The molecular weight excluding hydrogens is 280 g/mol. The molecule has 7 heteroatoms. The summed E-state index contributed by atoms with van der Waals surface area (Å²) in [7, 11) is 1.47. The average Bonchev–Trinajstić information content (AvgIpc) is 2.45. The maximum absolute atomic E-state index is 11.7. The fraction of sp³-hybridized carbons (Fsp3) is 0.357. The van der Waals surface area contributed by atoms with Gasteiger partial charge in [0, 0.05) is 19.6 Å². The van der Waals surface area contributed by atoms with Gasteiger partial charge in [0.05, 0.1) is 6.61 Å². The van der Waals surface area contributed by atoms with Crippen LogP contribution in [0.25, 0.3) is 0 Å². The number of ketones is 1. The van der Waals surface area contributed by atoms with Crippen molar-refractivity contribution in [3.63, 3.8) is 0 Å². The molecule has 0 aliphatic rings. The van der Waals surface area contributed by atoms with Crippen molar-refractivity contribution >= 4 is 17.9 Å². The van der Waals surface area contributed by atoms with Gasteiger partial charge in [0.2, 0.25) is 0 Å². The first-order valence-electron chi connectivity index (χ1n) is 6.13. The van der Waals surface area contributed by atoms with E-state index in [9.17, 15) is 14.4 Å². The summed E-state index contributed by atoms with van der Waals surface area (Å²) >= 11 is 0. The predicted octanol–water partition coefficient (Wildman–Crippen LogP) is 1.59. The Morgan fingerprint density at radius 2 is 1.67 bits per heavy atom. The van der Waals surface area contributed by atoms with E-state index in [-0.39, 0.29) is 13.2 Å². The van der Waals surface area contributed by atoms with Gasteiger partial charge in [-0.1, -0.05) is 0 Å². The van der Waals surface area contributed by atoms with E-state index in [0.29, 0.717) is 11.3 Å². The topological polar surface area (TPSA) is 88.1 Å². The lowest BCUT2D eigenvalue weighted by Gasteiger charge is -2.06. The van der Waals surface area contributed by atoms with Crippen LogP contribution in [0.5, 0.6) is 5.75 Å². The number of hydrogen-bond donors (Lipinski definition) is 0.